The summed E-state index contributed by atoms with van der Waals surface area (Å²) >= 11 is 0. The Balaban J connectivity index is 3.29. The SMILES string of the molecule is CC[C@H](CO)NS(=O)(=O)c1cc(N)ccc1C(=O)OC. The molecule has 112 valence electrons. The molecule has 0 heterocycles. The second-order valence-corrected chi connectivity index (χ2v) is 5.84. The molecule has 1 aromatic carbocycles. The normalized spacial score (nSPS) is 12.9. The average molecular weight is 302 g/mol. The van der Waals surface area contributed by atoms with Gasteiger partial charge in [0.1, 0.15) is 0 Å². The van der Waals surface area contributed by atoms with Gasteiger partial charge in [-0.1, -0.05) is 6.92 Å². The summed E-state index contributed by atoms with van der Waals surface area (Å²) in [6, 6.07) is 3.25. The van der Waals surface area contributed by atoms with E-state index in [1.807, 2.05) is 0 Å². The van der Waals surface area contributed by atoms with E-state index in [0.29, 0.717) is 6.42 Å². The van der Waals surface area contributed by atoms with E-state index >= 15 is 0 Å². The van der Waals surface area contributed by atoms with Crippen molar-refractivity contribution >= 4 is 21.7 Å². The van der Waals surface area contributed by atoms with Crippen LogP contribution < -0.4 is 10.5 Å². The molecule has 4 N–H and O–H groups in total. The fraction of sp³-hybridized carbons (Fsp3) is 0.417. The molecule has 20 heavy (non-hydrogen) atoms. The Morgan fingerprint density at radius 1 is 1.50 bits per heavy atom. The van der Waals surface area contributed by atoms with E-state index in [1.165, 1.54) is 18.2 Å². The molecule has 0 spiro atoms. The van der Waals surface area contributed by atoms with E-state index in [4.69, 9.17) is 10.8 Å². The Kier molecular flexibility index (Phi) is 5.49. The first-order valence-corrected chi connectivity index (χ1v) is 7.45. The first kappa shape index (κ1) is 16.4. The first-order valence-electron chi connectivity index (χ1n) is 5.96. The minimum Gasteiger partial charge on any atom is -0.465 e. The number of esters is 1. The minimum absolute atomic E-state index is 0.109. The van der Waals surface area contributed by atoms with Crippen molar-refractivity contribution in [1.29, 1.82) is 0 Å². The van der Waals surface area contributed by atoms with Crippen LogP contribution in [0.25, 0.3) is 0 Å². The monoisotopic (exact) mass is 302 g/mol. The van der Waals surface area contributed by atoms with Crippen molar-refractivity contribution < 1.29 is 23.1 Å². The number of rotatable bonds is 6. The molecule has 0 saturated heterocycles. The second-order valence-electron chi connectivity index (χ2n) is 4.16. The van der Waals surface area contributed by atoms with Gasteiger partial charge in [-0.2, -0.15) is 0 Å². The van der Waals surface area contributed by atoms with Crippen molar-refractivity contribution in [2.45, 2.75) is 24.3 Å². The molecule has 0 radical (unpaired) electrons. The van der Waals surface area contributed by atoms with Gasteiger partial charge in [0.05, 0.1) is 24.2 Å². The number of aliphatic hydroxyl groups is 1. The van der Waals surface area contributed by atoms with E-state index in [0.717, 1.165) is 7.11 Å². The second kappa shape index (κ2) is 6.69. The smallest absolute Gasteiger partial charge is 0.339 e. The number of hydrogen-bond donors (Lipinski definition) is 3. The summed E-state index contributed by atoms with van der Waals surface area (Å²) in [5.74, 6) is -0.776. The molecular weight excluding hydrogens is 284 g/mol. The lowest BCUT2D eigenvalue weighted by molar-refractivity contribution is 0.0596. The molecule has 0 bridgehead atoms. The zero-order valence-electron chi connectivity index (χ0n) is 11.3. The van der Waals surface area contributed by atoms with Crippen LogP contribution in [-0.4, -0.2) is 39.3 Å². The molecule has 8 heteroatoms. The van der Waals surface area contributed by atoms with Crippen LogP contribution >= 0.6 is 0 Å². The molecule has 1 atom stereocenters. The lowest BCUT2D eigenvalue weighted by Gasteiger charge is -2.16. The molecular formula is C12H18N2O5S. The number of ether oxygens (including phenoxy) is 1. The van der Waals surface area contributed by atoms with Crippen LogP contribution in [0.3, 0.4) is 0 Å². The van der Waals surface area contributed by atoms with Crippen molar-refractivity contribution in [2.75, 3.05) is 19.5 Å². The zero-order valence-corrected chi connectivity index (χ0v) is 12.1. The molecule has 0 aliphatic rings. The summed E-state index contributed by atoms with van der Waals surface area (Å²) in [7, 11) is -2.82. The largest absolute Gasteiger partial charge is 0.465 e. The van der Waals surface area contributed by atoms with Crippen LogP contribution in [0.15, 0.2) is 23.1 Å². The fourth-order valence-corrected chi connectivity index (χ4v) is 3.11. The molecule has 1 aromatic rings. The molecule has 0 aromatic heterocycles. The van der Waals surface area contributed by atoms with Crippen LogP contribution in [0, 0.1) is 0 Å². The highest BCUT2D eigenvalue weighted by atomic mass is 32.2. The highest BCUT2D eigenvalue weighted by Crippen LogP contribution is 2.20. The number of anilines is 1. The minimum atomic E-state index is -3.98. The molecule has 7 nitrogen and oxygen atoms in total. The lowest BCUT2D eigenvalue weighted by Crippen LogP contribution is -2.37. The number of aliphatic hydroxyl groups excluding tert-OH is 1. The topological polar surface area (TPSA) is 119 Å². The van der Waals surface area contributed by atoms with E-state index in [-0.39, 0.29) is 22.8 Å². The predicted octanol–water partition coefficient (Wildman–Crippen LogP) is 0.105. The number of benzene rings is 1. The van der Waals surface area contributed by atoms with Gasteiger partial charge in [-0.05, 0) is 24.6 Å². The number of sulfonamides is 1. The van der Waals surface area contributed by atoms with Gasteiger partial charge in [0.25, 0.3) is 0 Å². The third-order valence-corrected chi connectivity index (χ3v) is 4.30. The van der Waals surface area contributed by atoms with E-state index in [9.17, 15) is 13.2 Å². The molecule has 0 aliphatic heterocycles. The summed E-state index contributed by atoms with van der Waals surface area (Å²) < 4.78 is 31.4. The number of methoxy groups -OCH3 is 1. The summed E-state index contributed by atoms with van der Waals surface area (Å²) in [4.78, 5) is 11.3. The van der Waals surface area contributed by atoms with Crippen molar-refractivity contribution in [3.05, 3.63) is 23.8 Å². The number of carbonyl (C=O) groups excluding carboxylic acids is 1. The van der Waals surface area contributed by atoms with E-state index < -0.39 is 22.0 Å². The van der Waals surface area contributed by atoms with Gasteiger partial charge >= 0.3 is 5.97 Å². The van der Waals surface area contributed by atoms with Gasteiger partial charge in [-0.25, -0.2) is 17.9 Å². The highest BCUT2D eigenvalue weighted by molar-refractivity contribution is 7.89. The Hall–Kier alpha value is -1.64. The van der Waals surface area contributed by atoms with Crippen molar-refractivity contribution in [2.24, 2.45) is 0 Å². The summed E-state index contributed by atoms with van der Waals surface area (Å²) in [6.07, 6.45) is 0.408. The van der Waals surface area contributed by atoms with Crippen LogP contribution in [-0.2, 0) is 14.8 Å². The molecule has 0 saturated carbocycles. The molecule has 0 fully saturated rings. The predicted molar refractivity (Wildman–Crippen MR) is 73.7 cm³/mol. The Morgan fingerprint density at radius 3 is 2.65 bits per heavy atom. The maximum Gasteiger partial charge on any atom is 0.339 e. The first-order chi connectivity index (χ1) is 9.35. The summed E-state index contributed by atoms with van der Waals surface area (Å²) in [5, 5.41) is 9.07. The maximum atomic E-state index is 12.3. The van der Waals surface area contributed by atoms with Gasteiger partial charge in [0.15, 0.2) is 0 Å². The quantitative estimate of drug-likeness (QED) is 0.507. The van der Waals surface area contributed by atoms with Crippen LogP contribution in [0.5, 0.6) is 0 Å². The van der Waals surface area contributed by atoms with Crippen LogP contribution in [0.4, 0.5) is 5.69 Å². The Bertz CT molecular complexity index is 582. The van der Waals surface area contributed by atoms with Gasteiger partial charge in [0.2, 0.25) is 10.0 Å². The van der Waals surface area contributed by atoms with Crippen molar-refractivity contribution in [1.82, 2.24) is 4.72 Å². The van der Waals surface area contributed by atoms with Gasteiger partial charge < -0.3 is 15.6 Å². The fourth-order valence-electron chi connectivity index (χ4n) is 1.57. The summed E-state index contributed by atoms with van der Waals surface area (Å²) in [5.41, 5.74) is 5.66. The third-order valence-electron chi connectivity index (χ3n) is 2.74. The number of nitrogens with one attached hydrogen (secondary N) is 1. The average Bonchev–Trinajstić information content (AvgIpc) is 2.43. The Morgan fingerprint density at radius 2 is 2.15 bits per heavy atom. The molecule has 0 amide bonds. The number of carbonyl (C=O) groups is 1. The van der Waals surface area contributed by atoms with Crippen LogP contribution in [0.1, 0.15) is 23.7 Å². The lowest BCUT2D eigenvalue weighted by atomic mass is 10.2. The van der Waals surface area contributed by atoms with Crippen molar-refractivity contribution in [3.8, 4) is 0 Å². The molecule has 0 unspecified atom stereocenters. The highest BCUT2D eigenvalue weighted by Gasteiger charge is 2.25. The number of hydrogen-bond acceptors (Lipinski definition) is 6. The van der Waals surface area contributed by atoms with Gasteiger partial charge in [0, 0.05) is 11.7 Å². The van der Waals surface area contributed by atoms with Crippen LogP contribution in [0.2, 0.25) is 0 Å². The zero-order chi connectivity index (χ0) is 15.3. The number of nitrogen functional groups attached to an aromatic ring is 1. The van der Waals surface area contributed by atoms with Gasteiger partial charge in [-0.15, -0.1) is 0 Å². The standard InChI is InChI=1S/C12H18N2O5S/c1-3-9(7-15)14-20(17,18)11-6-8(13)4-5-10(11)12(16)19-2/h4-6,9,14-15H,3,7,13H2,1-2H3/t9-/m1/s1. The number of nitrogens with two attached hydrogens (primary N) is 1. The molecule has 0 aliphatic carbocycles. The van der Waals surface area contributed by atoms with Crippen molar-refractivity contribution in [3.63, 3.8) is 0 Å². The maximum absolute atomic E-state index is 12.3. The Labute approximate surface area is 117 Å². The summed E-state index contributed by atoms with van der Waals surface area (Å²) in [6.45, 7) is 1.38. The molecule has 1 rings (SSSR count). The van der Waals surface area contributed by atoms with Gasteiger partial charge in [-0.3, -0.25) is 0 Å². The van der Waals surface area contributed by atoms with E-state index in [1.54, 1.807) is 6.92 Å². The van der Waals surface area contributed by atoms with E-state index in [2.05, 4.69) is 9.46 Å². The third kappa shape index (κ3) is 3.69.